The Kier molecular flexibility index (Phi) is 6.86. The first-order chi connectivity index (χ1) is 17.0. The number of nitrogens with zero attached hydrogens (tertiary/aromatic N) is 4. The fraction of sp³-hybridized carbons (Fsp3) is 0.400. The summed E-state index contributed by atoms with van der Waals surface area (Å²) in [5.41, 5.74) is 2.66. The van der Waals surface area contributed by atoms with E-state index in [2.05, 4.69) is 4.90 Å². The number of rotatable bonds is 6. The zero-order valence-electron chi connectivity index (χ0n) is 19.6. The van der Waals surface area contributed by atoms with Gasteiger partial charge in [0.15, 0.2) is 5.82 Å². The minimum absolute atomic E-state index is 0.117. The van der Waals surface area contributed by atoms with Crippen LogP contribution >= 0.6 is 11.3 Å². The van der Waals surface area contributed by atoms with Crippen molar-refractivity contribution in [3.8, 4) is 11.4 Å². The van der Waals surface area contributed by atoms with E-state index in [0.717, 1.165) is 22.6 Å². The molecule has 2 aromatic heterocycles. The summed E-state index contributed by atoms with van der Waals surface area (Å²) in [5.74, 6) is 1.15. The lowest BCUT2D eigenvalue weighted by atomic mass is 9.96. The number of carbonyl (C=O) groups excluding carboxylic acids is 1. The van der Waals surface area contributed by atoms with Crippen molar-refractivity contribution in [1.82, 2.24) is 14.3 Å². The highest BCUT2D eigenvalue weighted by Crippen LogP contribution is 2.34. The molecule has 4 heterocycles. The second kappa shape index (κ2) is 10.0. The Bertz CT molecular complexity index is 1290. The molecule has 184 valence electrons. The van der Waals surface area contributed by atoms with Gasteiger partial charge >= 0.3 is 5.97 Å². The molecule has 0 N–H and O–H groups in total. The molecule has 3 aromatic rings. The second-order valence-corrected chi connectivity index (χ2v) is 11.8. The molecule has 2 aliphatic heterocycles. The van der Waals surface area contributed by atoms with Crippen molar-refractivity contribution >= 4 is 33.1 Å². The third kappa shape index (κ3) is 4.82. The quantitative estimate of drug-likeness (QED) is 0.465. The van der Waals surface area contributed by atoms with Crippen LogP contribution in [0.1, 0.15) is 31.0 Å². The summed E-state index contributed by atoms with van der Waals surface area (Å²) in [6.45, 7) is 4.12. The monoisotopic (exact) mass is 512 g/mol. The molecule has 0 spiro atoms. The second-order valence-electron chi connectivity index (χ2n) is 8.70. The van der Waals surface area contributed by atoms with E-state index >= 15 is 0 Å². The Morgan fingerprint density at radius 3 is 2.54 bits per heavy atom. The molecule has 0 bridgehead atoms. The zero-order valence-corrected chi connectivity index (χ0v) is 21.2. The van der Waals surface area contributed by atoms with E-state index in [0.29, 0.717) is 55.5 Å². The number of anilines is 1. The van der Waals surface area contributed by atoms with Gasteiger partial charge in [0.2, 0.25) is 0 Å². The molecule has 2 aliphatic rings. The van der Waals surface area contributed by atoms with Gasteiger partial charge < -0.3 is 9.64 Å². The Morgan fingerprint density at radius 2 is 1.86 bits per heavy atom. The third-order valence-corrected chi connectivity index (χ3v) is 9.76. The van der Waals surface area contributed by atoms with E-state index in [4.69, 9.17) is 14.7 Å². The summed E-state index contributed by atoms with van der Waals surface area (Å²) in [6.07, 6.45) is 1.87. The van der Waals surface area contributed by atoms with Crippen LogP contribution in [0.15, 0.2) is 52.1 Å². The topological polar surface area (TPSA) is 92.7 Å². The van der Waals surface area contributed by atoms with Gasteiger partial charge in [-0.3, -0.25) is 4.79 Å². The molecule has 1 saturated heterocycles. The van der Waals surface area contributed by atoms with Crippen LogP contribution in [0.3, 0.4) is 0 Å². The van der Waals surface area contributed by atoms with Gasteiger partial charge in [-0.1, -0.05) is 36.4 Å². The lowest BCUT2D eigenvalue weighted by Gasteiger charge is -2.35. The van der Waals surface area contributed by atoms with Crippen LogP contribution in [0.5, 0.6) is 0 Å². The number of hydrogen-bond acceptors (Lipinski definition) is 8. The molecule has 0 unspecified atom stereocenters. The van der Waals surface area contributed by atoms with Gasteiger partial charge in [0.1, 0.15) is 10.0 Å². The maximum atomic E-state index is 13.2. The summed E-state index contributed by atoms with van der Waals surface area (Å²) in [5, 5.41) is 1.78. The van der Waals surface area contributed by atoms with Crippen molar-refractivity contribution in [2.45, 2.75) is 36.9 Å². The Labute approximate surface area is 209 Å². The molecule has 35 heavy (non-hydrogen) atoms. The number of aromatic nitrogens is 2. The van der Waals surface area contributed by atoms with Gasteiger partial charge in [-0.05, 0) is 31.2 Å². The van der Waals surface area contributed by atoms with Gasteiger partial charge in [0.05, 0.1) is 18.2 Å². The van der Waals surface area contributed by atoms with Gasteiger partial charge in [0, 0.05) is 43.7 Å². The number of hydrogen-bond donors (Lipinski definition) is 0. The van der Waals surface area contributed by atoms with Crippen LogP contribution in [-0.2, 0) is 32.5 Å². The maximum Gasteiger partial charge on any atom is 0.309 e. The fourth-order valence-corrected chi connectivity index (χ4v) is 7.23. The number of sulfonamides is 1. The largest absolute Gasteiger partial charge is 0.466 e. The summed E-state index contributed by atoms with van der Waals surface area (Å²) < 4.78 is 33.6. The van der Waals surface area contributed by atoms with E-state index in [9.17, 15) is 13.2 Å². The van der Waals surface area contributed by atoms with E-state index in [1.54, 1.807) is 17.5 Å². The Morgan fingerprint density at radius 1 is 1.09 bits per heavy atom. The van der Waals surface area contributed by atoms with Crippen molar-refractivity contribution in [3.63, 3.8) is 0 Å². The third-order valence-electron chi connectivity index (χ3n) is 6.54. The Balaban J connectivity index is 1.49. The van der Waals surface area contributed by atoms with Crippen molar-refractivity contribution < 1.29 is 17.9 Å². The standard InChI is InChI=1S/C25H28N4O4S2/c1-2-33-25(30)19-10-13-28(14-11-19)24-20-17-29(35(31,32)22-9-6-16-34-22)15-12-21(20)26-23(27-24)18-7-4-3-5-8-18/h3-9,16,19H,2,10-15,17H2,1H3. The number of benzene rings is 1. The van der Waals surface area contributed by atoms with Crippen molar-refractivity contribution in [1.29, 1.82) is 0 Å². The van der Waals surface area contributed by atoms with Crippen molar-refractivity contribution in [2.75, 3.05) is 31.1 Å². The molecule has 0 amide bonds. The smallest absolute Gasteiger partial charge is 0.309 e. The minimum Gasteiger partial charge on any atom is -0.466 e. The highest BCUT2D eigenvalue weighted by atomic mass is 32.2. The molecule has 1 fully saturated rings. The molecule has 0 saturated carbocycles. The molecule has 5 rings (SSSR count). The molecule has 0 atom stereocenters. The average Bonchev–Trinajstić information content (AvgIpc) is 3.45. The number of piperidine rings is 1. The lowest BCUT2D eigenvalue weighted by Crippen LogP contribution is -2.41. The predicted molar refractivity (Wildman–Crippen MR) is 135 cm³/mol. The summed E-state index contributed by atoms with van der Waals surface area (Å²) in [6, 6.07) is 13.2. The maximum absolute atomic E-state index is 13.2. The van der Waals surface area contributed by atoms with Gasteiger partial charge in [-0.2, -0.15) is 4.31 Å². The predicted octanol–water partition coefficient (Wildman–Crippen LogP) is 3.73. The molecular formula is C25H28N4O4S2. The van der Waals surface area contributed by atoms with Crippen LogP contribution in [0.25, 0.3) is 11.4 Å². The molecule has 1 aromatic carbocycles. The van der Waals surface area contributed by atoms with Crippen LogP contribution in [-0.4, -0.2) is 54.9 Å². The molecule has 8 nitrogen and oxygen atoms in total. The normalized spacial score (nSPS) is 17.2. The van der Waals surface area contributed by atoms with Gasteiger partial charge in [-0.15, -0.1) is 11.3 Å². The minimum atomic E-state index is -3.58. The molecule has 0 aliphatic carbocycles. The van der Waals surface area contributed by atoms with Gasteiger partial charge in [-0.25, -0.2) is 18.4 Å². The number of carbonyl (C=O) groups is 1. The van der Waals surface area contributed by atoms with Crippen molar-refractivity contribution in [2.24, 2.45) is 5.92 Å². The number of esters is 1. The highest BCUT2D eigenvalue weighted by molar-refractivity contribution is 7.91. The first-order valence-corrected chi connectivity index (χ1v) is 14.2. The van der Waals surface area contributed by atoms with Crippen LogP contribution in [0.2, 0.25) is 0 Å². The van der Waals surface area contributed by atoms with Crippen LogP contribution < -0.4 is 4.90 Å². The first kappa shape index (κ1) is 23.9. The van der Waals surface area contributed by atoms with Gasteiger partial charge in [0.25, 0.3) is 10.0 Å². The fourth-order valence-electron chi connectivity index (χ4n) is 4.68. The summed E-state index contributed by atoms with van der Waals surface area (Å²) >= 11 is 1.23. The van der Waals surface area contributed by atoms with E-state index in [1.807, 2.05) is 37.3 Å². The zero-order chi connectivity index (χ0) is 24.4. The highest BCUT2D eigenvalue weighted by Gasteiger charge is 2.34. The lowest BCUT2D eigenvalue weighted by molar-refractivity contribution is -0.148. The number of fused-ring (bicyclic) bond motifs is 1. The molecular weight excluding hydrogens is 484 g/mol. The van der Waals surface area contributed by atoms with E-state index in [1.165, 1.54) is 15.6 Å². The number of ether oxygens (including phenoxy) is 1. The number of thiophene rings is 1. The average molecular weight is 513 g/mol. The Hall–Kier alpha value is -2.82. The van der Waals surface area contributed by atoms with Crippen LogP contribution in [0.4, 0.5) is 5.82 Å². The van der Waals surface area contributed by atoms with E-state index < -0.39 is 10.0 Å². The summed E-state index contributed by atoms with van der Waals surface area (Å²) in [4.78, 5) is 24.2. The SMILES string of the molecule is CCOC(=O)C1CCN(c2nc(-c3ccccc3)nc3c2CN(S(=O)(=O)c2cccs2)CC3)CC1. The van der Waals surface area contributed by atoms with Crippen LogP contribution in [0, 0.1) is 5.92 Å². The first-order valence-electron chi connectivity index (χ1n) is 11.9. The molecule has 0 radical (unpaired) electrons. The van der Waals surface area contributed by atoms with E-state index in [-0.39, 0.29) is 18.4 Å². The molecule has 10 heteroatoms. The summed E-state index contributed by atoms with van der Waals surface area (Å²) in [7, 11) is -3.58. The van der Waals surface area contributed by atoms with Crippen molar-refractivity contribution in [3.05, 3.63) is 59.1 Å².